The number of benzene rings is 1. The summed E-state index contributed by atoms with van der Waals surface area (Å²) in [6.45, 7) is 2.07. The van der Waals surface area contributed by atoms with Gasteiger partial charge in [0, 0.05) is 7.11 Å². The number of hydrogen-bond acceptors (Lipinski definition) is 5. The zero-order valence-electron chi connectivity index (χ0n) is 11.5. The zero-order valence-corrected chi connectivity index (χ0v) is 11.5. The molecule has 0 bridgehead atoms. The molecule has 110 valence electrons. The van der Waals surface area contributed by atoms with E-state index in [1.165, 1.54) is 7.11 Å². The topological polar surface area (TPSA) is 82.1 Å². The Morgan fingerprint density at radius 2 is 1.85 bits per heavy atom. The van der Waals surface area contributed by atoms with Gasteiger partial charge < -0.3 is 19.3 Å². The number of rotatable bonds is 7. The Labute approximate surface area is 117 Å². The number of carboxylic acids is 1. The molecule has 20 heavy (non-hydrogen) atoms. The fourth-order valence-corrected chi connectivity index (χ4v) is 1.47. The van der Waals surface area contributed by atoms with Crippen molar-refractivity contribution in [1.82, 2.24) is 0 Å². The minimum Gasteiger partial charge on any atom is -0.481 e. The third kappa shape index (κ3) is 5.71. The normalized spacial score (nSPS) is 11.7. The van der Waals surface area contributed by atoms with Crippen LogP contribution >= 0.6 is 0 Å². The second kappa shape index (κ2) is 8.16. The third-order valence-electron chi connectivity index (χ3n) is 2.60. The van der Waals surface area contributed by atoms with E-state index in [9.17, 15) is 9.59 Å². The maximum atomic E-state index is 11.3. The van der Waals surface area contributed by atoms with Crippen molar-refractivity contribution in [3.8, 4) is 5.75 Å². The van der Waals surface area contributed by atoms with Crippen LogP contribution in [-0.2, 0) is 20.7 Å². The van der Waals surface area contributed by atoms with Crippen molar-refractivity contribution in [2.24, 2.45) is 5.92 Å². The van der Waals surface area contributed by atoms with Gasteiger partial charge in [-0.05, 0) is 24.1 Å². The molecule has 1 aromatic carbocycles. The first-order valence-corrected chi connectivity index (χ1v) is 6.18. The van der Waals surface area contributed by atoms with Gasteiger partial charge in [-0.3, -0.25) is 4.79 Å². The van der Waals surface area contributed by atoms with Crippen LogP contribution in [0.1, 0.15) is 12.5 Å². The highest BCUT2D eigenvalue weighted by molar-refractivity contribution is 5.70. The first kappa shape index (κ1) is 16.0. The lowest BCUT2D eigenvalue weighted by atomic mass is 10.0. The molecule has 0 saturated carbocycles. The summed E-state index contributed by atoms with van der Waals surface area (Å²) in [7, 11) is 1.51. The summed E-state index contributed by atoms with van der Waals surface area (Å²) in [5.41, 5.74) is 0.861. The fraction of sp³-hybridized carbons (Fsp3) is 0.429. The molecule has 1 atom stereocenters. The average Bonchev–Trinajstić information content (AvgIpc) is 2.41. The maximum Gasteiger partial charge on any atom is 0.513 e. The lowest BCUT2D eigenvalue weighted by Gasteiger charge is -2.08. The molecule has 0 unspecified atom stereocenters. The van der Waals surface area contributed by atoms with Crippen LogP contribution in [0.15, 0.2) is 24.3 Å². The fourth-order valence-electron chi connectivity index (χ4n) is 1.47. The Morgan fingerprint density at radius 1 is 1.20 bits per heavy atom. The molecule has 0 heterocycles. The monoisotopic (exact) mass is 282 g/mol. The van der Waals surface area contributed by atoms with Crippen LogP contribution in [0.2, 0.25) is 0 Å². The number of carbonyl (C=O) groups excluding carboxylic acids is 1. The summed E-state index contributed by atoms with van der Waals surface area (Å²) in [5, 5.41) is 8.82. The third-order valence-corrected chi connectivity index (χ3v) is 2.60. The van der Waals surface area contributed by atoms with Crippen molar-refractivity contribution in [2.75, 3.05) is 20.3 Å². The molecule has 1 aromatic rings. The molecular weight excluding hydrogens is 264 g/mol. The SMILES string of the molecule is COCCOC(=O)Oc1ccc(C[C@H](C)C(=O)O)cc1. The van der Waals surface area contributed by atoms with Crippen LogP contribution in [-0.4, -0.2) is 37.6 Å². The number of carbonyl (C=O) groups is 2. The molecule has 0 aliphatic heterocycles. The van der Waals surface area contributed by atoms with E-state index in [1.54, 1.807) is 31.2 Å². The van der Waals surface area contributed by atoms with Gasteiger partial charge in [0.15, 0.2) is 0 Å². The maximum absolute atomic E-state index is 11.3. The predicted octanol–water partition coefficient (Wildman–Crippen LogP) is 2.11. The summed E-state index contributed by atoms with van der Waals surface area (Å²) in [6, 6.07) is 6.64. The molecule has 0 saturated heterocycles. The number of methoxy groups -OCH3 is 1. The average molecular weight is 282 g/mol. The first-order valence-electron chi connectivity index (χ1n) is 6.18. The number of aliphatic carboxylic acids is 1. The smallest absolute Gasteiger partial charge is 0.481 e. The van der Waals surface area contributed by atoms with Crippen molar-refractivity contribution in [3.63, 3.8) is 0 Å². The molecule has 6 nitrogen and oxygen atoms in total. The van der Waals surface area contributed by atoms with Crippen molar-refractivity contribution >= 4 is 12.1 Å². The second-order valence-corrected chi connectivity index (χ2v) is 4.28. The number of carboxylic acid groups (broad SMARTS) is 1. The number of hydrogen-bond donors (Lipinski definition) is 1. The summed E-state index contributed by atoms with van der Waals surface area (Å²) in [6.07, 6.45) is -0.373. The molecule has 6 heteroatoms. The highest BCUT2D eigenvalue weighted by Crippen LogP contribution is 2.15. The molecule has 0 aromatic heterocycles. The van der Waals surface area contributed by atoms with Crippen LogP contribution in [0, 0.1) is 5.92 Å². The van der Waals surface area contributed by atoms with E-state index >= 15 is 0 Å². The summed E-state index contributed by atoms with van der Waals surface area (Å²) in [4.78, 5) is 22.0. The molecule has 0 aliphatic rings. The van der Waals surface area contributed by atoms with Crippen molar-refractivity contribution < 1.29 is 28.9 Å². The van der Waals surface area contributed by atoms with E-state index in [2.05, 4.69) is 0 Å². The van der Waals surface area contributed by atoms with Crippen molar-refractivity contribution in [2.45, 2.75) is 13.3 Å². The van der Waals surface area contributed by atoms with Crippen LogP contribution < -0.4 is 4.74 Å². The van der Waals surface area contributed by atoms with E-state index in [-0.39, 0.29) is 6.61 Å². The first-order chi connectivity index (χ1) is 9.52. The van der Waals surface area contributed by atoms with E-state index in [0.29, 0.717) is 18.8 Å². The quantitative estimate of drug-likeness (QED) is 0.468. The molecular formula is C14H18O6. The van der Waals surface area contributed by atoms with Crippen LogP contribution in [0.4, 0.5) is 4.79 Å². The van der Waals surface area contributed by atoms with Gasteiger partial charge in [-0.25, -0.2) is 4.79 Å². The minimum atomic E-state index is -0.841. The summed E-state index contributed by atoms with van der Waals surface area (Å²) >= 11 is 0. The summed E-state index contributed by atoms with van der Waals surface area (Å²) in [5.74, 6) is -0.952. The van der Waals surface area contributed by atoms with Gasteiger partial charge in [0.05, 0.1) is 12.5 Å². The van der Waals surface area contributed by atoms with Gasteiger partial charge in [-0.15, -0.1) is 0 Å². The van der Waals surface area contributed by atoms with Crippen molar-refractivity contribution in [1.29, 1.82) is 0 Å². The highest BCUT2D eigenvalue weighted by Gasteiger charge is 2.12. The van der Waals surface area contributed by atoms with Gasteiger partial charge in [0.2, 0.25) is 0 Å². The van der Waals surface area contributed by atoms with Gasteiger partial charge >= 0.3 is 12.1 Å². The minimum absolute atomic E-state index is 0.129. The van der Waals surface area contributed by atoms with E-state index in [4.69, 9.17) is 19.3 Å². The molecule has 0 radical (unpaired) electrons. The van der Waals surface area contributed by atoms with Crippen LogP contribution in [0.5, 0.6) is 5.75 Å². The largest absolute Gasteiger partial charge is 0.513 e. The molecule has 1 N–H and O–H groups in total. The lowest BCUT2D eigenvalue weighted by Crippen LogP contribution is -2.14. The van der Waals surface area contributed by atoms with Gasteiger partial charge in [-0.2, -0.15) is 0 Å². The zero-order chi connectivity index (χ0) is 15.0. The van der Waals surface area contributed by atoms with Crippen molar-refractivity contribution in [3.05, 3.63) is 29.8 Å². The van der Waals surface area contributed by atoms with Crippen LogP contribution in [0.3, 0.4) is 0 Å². The van der Waals surface area contributed by atoms with Gasteiger partial charge in [0.25, 0.3) is 0 Å². The highest BCUT2D eigenvalue weighted by atomic mass is 16.7. The Morgan fingerprint density at radius 3 is 2.40 bits per heavy atom. The lowest BCUT2D eigenvalue weighted by molar-refractivity contribution is -0.141. The molecule has 0 amide bonds. The number of ether oxygens (including phenoxy) is 3. The Hall–Kier alpha value is -2.08. The van der Waals surface area contributed by atoms with Gasteiger partial charge in [-0.1, -0.05) is 19.1 Å². The standard InChI is InChI=1S/C14H18O6/c1-10(13(15)16)9-11-3-5-12(6-4-11)20-14(17)19-8-7-18-2/h3-6,10H,7-9H2,1-2H3,(H,15,16)/t10-/m0/s1. The Balaban J connectivity index is 2.46. The summed E-state index contributed by atoms with van der Waals surface area (Å²) < 4.78 is 14.4. The van der Waals surface area contributed by atoms with E-state index in [1.807, 2.05) is 0 Å². The second-order valence-electron chi connectivity index (χ2n) is 4.28. The van der Waals surface area contributed by atoms with E-state index < -0.39 is 18.0 Å². The predicted molar refractivity (Wildman–Crippen MR) is 70.8 cm³/mol. The Kier molecular flexibility index (Phi) is 6.52. The Bertz CT molecular complexity index is 439. The molecule has 0 fully saturated rings. The molecule has 1 rings (SSSR count). The molecule has 0 spiro atoms. The molecule has 0 aliphatic carbocycles. The van der Waals surface area contributed by atoms with Crippen LogP contribution in [0.25, 0.3) is 0 Å². The van der Waals surface area contributed by atoms with Gasteiger partial charge in [0.1, 0.15) is 12.4 Å². The van der Waals surface area contributed by atoms with E-state index in [0.717, 1.165) is 5.56 Å².